The second-order valence-electron chi connectivity index (χ2n) is 7.05. The molecule has 2 heterocycles. The largest absolute Gasteiger partial charge is 0.465 e. The number of hydrogen-bond acceptors (Lipinski definition) is 7. The highest BCUT2D eigenvalue weighted by Gasteiger charge is 2.22. The maximum Gasteiger partial charge on any atom is 0.339 e. The van der Waals surface area contributed by atoms with Crippen molar-refractivity contribution in [3.8, 4) is 11.3 Å². The molecule has 0 aliphatic heterocycles. The van der Waals surface area contributed by atoms with Gasteiger partial charge in [-0.1, -0.05) is 41.9 Å². The molecule has 0 atom stereocenters. The topological polar surface area (TPSA) is 115 Å². The zero-order chi connectivity index (χ0) is 24.3. The number of carbonyl (C=O) groups excluding carboxylic acids is 1. The SMILES string of the molecule is COC(=O)c1ccccc1S(=O)(=O)NCCNc1cc(-c2ccccc2Cl)nc2c(Br)cnn12. The Hall–Kier alpha value is -2.99. The number of esters is 1. The predicted molar refractivity (Wildman–Crippen MR) is 133 cm³/mol. The minimum Gasteiger partial charge on any atom is -0.465 e. The van der Waals surface area contributed by atoms with Gasteiger partial charge in [-0.15, -0.1) is 0 Å². The van der Waals surface area contributed by atoms with Crippen LogP contribution in [0, 0.1) is 0 Å². The van der Waals surface area contributed by atoms with Crippen molar-refractivity contribution in [2.24, 2.45) is 0 Å². The number of rotatable bonds is 8. The van der Waals surface area contributed by atoms with Crippen LogP contribution in [0.5, 0.6) is 0 Å². The van der Waals surface area contributed by atoms with Crippen LogP contribution in [0.1, 0.15) is 10.4 Å². The molecule has 4 rings (SSSR count). The van der Waals surface area contributed by atoms with Crippen molar-refractivity contribution >= 4 is 55.0 Å². The first-order valence-electron chi connectivity index (χ1n) is 10.0. The van der Waals surface area contributed by atoms with Gasteiger partial charge in [0.05, 0.1) is 33.9 Å². The molecular weight excluding hydrogens is 546 g/mol. The average Bonchev–Trinajstić information content (AvgIpc) is 3.22. The monoisotopic (exact) mass is 563 g/mol. The Labute approximate surface area is 209 Å². The van der Waals surface area contributed by atoms with E-state index >= 15 is 0 Å². The van der Waals surface area contributed by atoms with Crippen LogP contribution in [0.2, 0.25) is 5.02 Å². The van der Waals surface area contributed by atoms with Crippen LogP contribution in [-0.2, 0) is 14.8 Å². The van der Waals surface area contributed by atoms with E-state index in [4.69, 9.17) is 11.6 Å². The summed E-state index contributed by atoms with van der Waals surface area (Å²) in [7, 11) is -2.75. The van der Waals surface area contributed by atoms with Gasteiger partial charge < -0.3 is 10.1 Å². The van der Waals surface area contributed by atoms with Crippen LogP contribution >= 0.6 is 27.5 Å². The predicted octanol–water partition coefficient (Wildman–Crippen LogP) is 3.99. The second kappa shape index (κ2) is 10.1. The van der Waals surface area contributed by atoms with E-state index in [2.05, 4.69) is 40.8 Å². The third-order valence-electron chi connectivity index (χ3n) is 4.88. The van der Waals surface area contributed by atoms with Crippen LogP contribution in [0.15, 0.2) is 70.2 Å². The number of anilines is 1. The number of fused-ring (bicyclic) bond motifs is 1. The highest BCUT2D eigenvalue weighted by atomic mass is 79.9. The molecule has 12 heteroatoms. The number of benzene rings is 2. The van der Waals surface area contributed by atoms with E-state index in [9.17, 15) is 13.2 Å². The Morgan fingerprint density at radius 3 is 2.65 bits per heavy atom. The lowest BCUT2D eigenvalue weighted by molar-refractivity contribution is 0.0596. The average molecular weight is 565 g/mol. The van der Waals surface area contributed by atoms with E-state index in [1.165, 1.54) is 19.2 Å². The van der Waals surface area contributed by atoms with Crippen LogP contribution in [0.3, 0.4) is 0 Å². The van der Waals surface area contributed by atoms with E-state index in [1.54, 1.807) is 35.0 Å². The second-order valence-corrected chi connectivity index (χ2v) is 10.0. The summed E-state index contributed by atoms with van der Waals surface area (Å²) in [6, 6.07) is 15.0. The van der Waals surface area contributed by atoms with E-state index in [0.29, 0.717) is 26.7 Å². The molecule has 2 aromatic carbocycles. The first-order chi connectivity index (χ1) is 16.3. The van der Waals surface area contributed by atoms with Gasteiger partial charge in [0.2, 0.25) is 10.0 Å². The van der Waals surface area contributed by atoms with Crippen LogP contribution in [-0.4, -0.2) is 49.2 Å². The van der Waals surface area contributed by atoms with Gasteiger partial charge in [0.15, 0.2) is 5.65 Å². The van der Waals surface area contributed by atoms with Crippen molar-refractivity contribution < 1.29 is 17.9 Å². The van der Waals surface area contributed by atoms with Crippen molar-refractivity contribution in [1.29, 1.82) is 0 Å². The molecule has 0 aliphatic rings. The number of ether oxygens (including phenoxy) is 1. The molecular formula is C22H19BrClN5O4S. The summed E-state index contributed by atoms with van der Waals surface area (Å²) >= 11 is 9.80. The van der Waals surface area contributed by atoms with Crippen LogP contribution in [0.4, 0.5) is 5.82 Å². The van der Waals surface area contributed by atoms with Gasteiger partial charge in [-0.05, 0) is 34.1 Å². The maximum atomic E-state index is 12.8. The minimum absolute atomic E-state index is 0.0351. The molecule has 2 aromatic heterocycles. The molecule has 2 N–H and O–H groups in total. The summed E-state index contributed by atoms with van der Waals surface area (Å²) < 4.78 is 35.0. The van der Waals surface area contributed by atoms with E-state index in [1.807, 2.05) is 18.2 Å². The fourth-order valence-electron chi connectivity index (χ4n) is 3.30. The zero-order valence-electron chi connectivity index (χ0n) is 17.8. The number of nitrogens with zero attached hydrogens (tertiary/aromatic N) is 3. The Kier molecular flexibility index (Phi) is 7.17. The Bertz CT molecular complexity index is 1480. The van der Waals surface area contributed by atoms with Gasteiger partial charge in [0.25, 0.3) is 0 Å². The highest BCUT2D eigenvalue weighted by molar-refractivity contribution is 9.10. The molecule has 0 saturated carbocycles. The molecule has 176 valence electrons. The lowest BCUT2D eigenvalue weighted by Gasteiger charge is -2.13. The van der Waals surface area contributed by atoms with E-state index in [0.717, 1.165) is 5.56 Å². The van der Waals surface area contributed by atoms with Crippen LogP contribution in [0.25, 0.3) is 16.9 Å². The van der Waals surface area contributed by atoms with Gasteiger partial charge >= 0.3 is 5.97 Å². The smallest absolute Gasteiger partial charge is 0.339 e. The number of methoxy groups -OCH3 is 1. The third kappa shape index (κ3) is 4.92. The highest BCUT2D eigenvalue weighted by Crippen LogP contribution is 2.30. The number of sulfonamides is 1. The third-order valence-corrected chi connectivity index (χ3v) is 7.29. The fraction of sp³-hybridized carbons (Fsp3) is 0.136. The molecule has 0 spiro atoms. The molecule has 34 heavy (non-hydrogen) atoms. The molecule has 4 aromatic rings. The first-order valence-corrected chi connectivity index (χ1v) is 12.7. The molecule has 0 bridgehead atoms. The maximum absolute atomic E-state index is 12.8. The molecule has 0 saturated heterocycles. The molecule has 0 radical (unpaired) electrons. The van der Waals surface area contributed by atoms with Gasteiger partial charge in [-0.25, -0.2) is 22.9 Å². The van der Waals surface area contributed by atoms with Crippen molar-refractivity contribution in [2.75, 3.05) is 25.5 Å². The first kappa shape index (κ1) is 24.1. The zero-order valence-corrected chi connectivity index (χ0v) is 21.0. The quantitative estimate of drug-likeness (QED) is 0.246. The van der Waals surface area contributed by atoms with Gasteiger partial charge in [-0.2, -0.15) is 9.61 Å². The summed E-state index contributed by atoms with van der Waals surface area (Å²) in [5, 5.41) is 8.05. The van der Waals surface area contributed by atoms with Gasteiger partial charge in [0.1, 0.15) is 5.82 Å². The van der Waals surface area contributed by atoms with Crippen LogP contribution < -0.4 is 10.0 Å². The summed E-state index contributed by atoms with van der Waals surface area (Å²) in [5.74, 6) is -0.130. The van der Waals surface area contributed by atoms with Gasteiger partial charge in [-0.3, -0.25) is 0 Å². The molecule has 9 nitrogen and oxygen atoms in total. The van der Waals surface area contributed by atoms with E-state index in [-0.39, 0.29) is 23.5 Å². The standard InChI is InChI=1S/C22H19BrClN5O4S/c1-33-22(30)15-7-3-5-9-19(15)34(31,32)27-11-10-25-20-12-18(14-6-2-4-8-17(14)24)28-21-16(23)13-26-29(20)21/h2-9,12-13,25,27H,10-11H2,1H3. The lowest BCUT2D eigenvalue weighted by Crippen LogP contribution is -2.30. The number of nitrogens with one attached hydrogen (secondary N) is 2. The van der Waals surface area contributed by atoms with E-state index < -0.39 is 16.0 Å². The lowest BCUT2D eigenvalue weighted by atomic mass is 10.1. The molecule has 0 unspecified atom stereocenters. The number of hydrogen-bond donors (Lipinski definition) is 2. The van der Waals surface area contributed by atoms with Crippen molar-refractivity contribution in [2.45, 2.75) is 4.90 Å². The van der Waals surface area contributed by atoms with Crippen molar-refractivity contribution in [3.05, 3.63) is 75.9 Å². The Balaban J connectivity index is 1.54. The summed E-state index contributed by atoms with van der Waals surface area (Å²) in [5.41, 5.74) is 1.93. The van der Waals surface area contributed by atoms with Crippen molar-refractivity contribution in [3.63, 3.8) is 0 Å². The van der Waals surface area contributed by atoms with Crippen molar-refractivity contribution in [1.82, 2.24) is 19.3 Å². The number of halogens is 2. The Morgan fingerprint density at radius 2 is 1.88 bits per heavy atom. The Morgan fingerprint density at radius 1 is 1.15 bits per heavy atom. The summed E-state index contributed by atoms with van der Waals surface area (Å²) in [6.07, 6.45) is 1.62. The fourth-order valence-corrected chi connectivity index (χ4v) is 5.11. The number of carbonyl (C=O) groups is 1. The molecule has 0 aliphatic carbocycles. The summed E-state index contributed by atoms with van der Waals surface area (Å²) in [6.45, 7) is 0.281. The molecule has 0 amide bonds. The van der Waals surface area contributed by atoms with Gasteiger partial charge in [0, 0.05) is 29.7 Å². The normalized spacial score (nSPS) is 11.5. The minimum atomic E-state index is -3.95. The number of aromatic nitrogens is 3. The summed E-state index contributed by atoms with van der Waals surface area (Å²) in [4.78, 5) is 16.4. The molecule has 0 fully saturated rings.